The molecule has 0 aromatic carbocycles. The Balaban J connectivity index is 2.61. The molecule has 1 atom stereocenters. The molecule has 2 heteroatoms. The molecule has 13 heavy (non-hydrogen) atoms. The van der Waals surface area contributed by atoms with Gasteiger partial charge in [-0.25, -0.2) is 0 Å². The van der Waals surface area contributed by atoms with Gasteiger partial charge in [-0.15, -0.1) is 0 Å². The molecule has 1 unspecified atom stereocenters. The van der Waals surface area contributed by atoms with Gasteiger partial charge in [0.25, 0.3) is 0 Å². The first-order chi connectivity index (χ1) is 6.10. The number of carbonyl (C=O) groups excluding carboxylic acids is 1. The molecule has 1 aliphatic carbocycles. The van der Waals surface area contributed by atoms with E-state index in [2.05, 4.69) is 0 Å². The van der Waals surface area contributed by atoms with Crippen molar-refractivity contribution in [2.75, 3.05) is 0 Å². The second kappa shape index (κ2) is 4.23. The van der Waals surface area contributed by atoms with E-state index in [1.807, 2.05) is 13.8 Å². The molecule has 1 saturated carbocycles. The number of aliphatic hydroxyl groups is 1. The zero-order valence-corrected chi connectivity index (χ0v) is 8.68. The zero-order chi connectivity index (χ0) is 9.90. The first-order valence-electron chi connectivity index (χ1n) is 5.35. The topological polar surface area (TPSA) is 37.3 Å². The van der Waals surface area contributed by atoms with Crippen LogP contribution in [0.3, 0.4) is 0 Å². The molecular formula is C11H20O2. The lowest BCUT2D eigenvalue weighted by Gasteiger charge is -2.36. The molecule has 0 spiro atoms. The largest absolute Gasteiger partial charge is 0.389 e. The van der Waals surface area contributed by atoms with Crippen molar-refractivity contribution in [2.24, 2.45) is 5.92 Å². The van der Waals surface area contributed by atoms with Gasteiger partial charge in [-0.3, -0.25) is 4.79 Å². The highest BCUT2D eigenvalue weighted by molar-refractivity contribution is 5.81. The fourth-order valence-corrected chi connectivity index (χ4v) is 2.20. The van der Waals surface area contributed by atoms with E-state index in [0.717, 1.165) is 25.7 Å². The van der Waals surface area contributed by atoms with E-state index in [4.69, 9.17) is 0 Å². The number of hydrogen-bond donors (Lipinski definition) is 1. The van der Waals surface area contributed by atoms with E-state index in [1.54, 1.807) is 0 Å². The average Bonchev–Trinajstić information content (AvgIpc) is 2.16. The predicted octanol–water partition coefficient (Wildman–Crippen LogP) is 2.30. The molecule has 0 aromatic heterocycles. The maximum atomic E-state index is 11.5. The first-order valence-corrected chi connectivity index (χ1v) is 5.35. The lowest BCUT2D eigenvalue weighted by molar-refractivity contribution is -0.133. The average molecular weight is 184 g/mol. The highest BCUT2D eigenvalue weighted by Gasteiger charge is 2.37. The third kappa shape index (κ3) is 2.31. The smallest absolute Gasteiger partial charge is 0.138 e. The summed E-state index contributed by atoms with van der Waals surface area (Å²) in [6, 6.07) is 0. The Morgan fingerprint density at radius 2 is 1.92 bits per heavy atom. The molecule has 1 fully saturated rings. The standard InChI is InChI=1S/C11H20O2/c1-3-10(12)9(2)11(13)7-5-4-6-8-11/h9,13H,3-8H2,1-2H3. The van der Waals surface area contributed by atoms with Gasteiger partial charge in [-0.05, 0) is 12.8 Å². The summed E-state index contributed by atoms with van der Waals surface area (Å²) in [5, 5.41) is 10.2. The van der Waals surface area contributed by atoms with Gasteiger partial charge in [0.15, 0.2) is 0 Å². The van der Waals surface area contributed by atoms with Crippen molar-refractivity contribution in [1.82, 2.24) is 0 Å². The van der Waals surface area contributed by atoms with Gasteiger partial charge < -0.3 is 5.11 Å². The molecule has 2 nitrogen and oxygen atoms in total. The molecule has 1 rings (SSSR count). The Morgan fingerprint density at radius 3 is 2.38 bits per heavy atom. The molecule has 0 saturated heterocycles. The van der Waals surface area contributed by atoms with Crippen molar-refractivity contribution in [1.29, 1.82) is 0 Å². The summed E-state index contributed by atoms with van der Waals surface area (Å²) in [7, 11) is 0. The van der Waals surface area contributed by atoms with Gasteiger partial charge in [0, 0.05) is 12.3 Å². The molecule has 0 radical (unpaired) electrons. The van der Waals surface area contributed by atoms with Crippen molar-refractivity contribution in [3.05, 3.63) is 0 Å². The van der Waals surface area contributed by atoms with E-state index in [9.17, 15) is 9.90 Å². The second-order valence-corrected chi connectivity index (χ2v) is 4.21. The van der Waals surface area contributed by atoms with E-state index < -0.39 is 5.60 Å². The van der Waals surface area contributed by atoms with Crippen LogP contribution in [0.5, 0.6) is 0 Å². The third-order valence-corrected chi connectivity index (χ3v) is 3.36. The second-order valence-electron chi connectivity index (χ2n) is 4.21. The van der Waals surface area contributed by atoms with Gasteiger partial charge in [-0.1, -0.05) is 33.1 Å². The van der Waals surface area contributed by atoms with Crippen LogP contribution < -0.4 is 0 Å². The highest BCUT2D eigenvalue weighted by Crippen LogP contribution is 2.34. The van der Waals surface area contributed by atoms with Crippen LogP contribution in [-0.4, -0.2) is 16.5 Å². The number of ketones is 1. The Morgan fingerprint density at radius 1 is 1.38 bits per heavy atom. The third-order valence-electron chi connectivity index (χ3n) is 3.36. The van der Waals surface area contributed by atoms with Crippen LogP contribution >= 0.6 is 0 Å². The fourth-order valence-electron chi connectivity index (χ4n) is 2.20. The number of carbonyl (C=O) groups is 1. The predicted molar refractivity (Wildman–Crippen MR) is 52.5 cm³/mol. The van der Waals surface area contributed by atoms with Crippen LogP contribution in [0.15, 0.2) is 0 Å². The molecule has 0 amide bonds. The van der Waals surface area contributed by atoms with Crippen LogP contribution in [0.2, 0.25) is 0 Å². The van der Waals surface area contributed by atoms with Gasteiger partial charge >= 0.3 is 0 Å². The van der Waals surface area contributed by atoms with Crippen molar-refractivity contribution in [3.8, 4) is 0 Å². The zero-order valence-electron chi connectivity index (χ0n) is 8.68. The molecule has 1 aliphatic rings. The number of rotatable bonds is 3. The quantitative estimate of drug-likeness (QED) is 0.730. The summed E-state index contributed by atoms with van der Waals surface area (Å²) < 4.78 is 0. The lowest BCUT2D eigenvalue weighted by atomic mass is 9.74. The fraction of sp³-hybridized carbons (Fsp3) is 0.909. The summed E-state index contributed by atoms with van der Waals surface area (Å²) in [4.78, 5) is 11.5. The Bertz CT molecular complexity index is 181. The summed E-state index contributed by atoms with van der Waals surface area (Å²) in [5.74, 6) is 0.0298. The summed E-state index contributed by atoms with van der Waals surface area (Å²) in [5.41, 5.74) is -0.689. The van der Waals surface area contributed by atoms with Crippen molar-refractivity contribution in [3.63, 3.8) is 0 Å². The lowest BCUT2D eigenvalue weighted by Crippen LogP contribution is -2.42. The van der Waals surface area contributed by atoms with Crippen LogP contribution in [-0.2, 0) is 4.79 Å². The van der Waals surface area contributed by atoms with Gasteiger partial charge in [0.1, 0.15) is 5.78 Å². The van der Waals surface area contributed by atoms with E-state index >= 15 is 0 Å². The maximum Gasteiger partial charge on any atom is 0.138 e. The summed E-state index contributed by atoms with van der Waals surface area (Å²) in [6.45, 7) is 3.74. The molecule has 0 heterocycles. The minimum absolute atomic E-state index is 0.169. The van der Waals surface area contributed by atoms with Crippen molar-refractivity contribution < 1.29 is 9.90 Å². The molecule has 0 bridgehead atoms. The first kappa shape index (κ1) is 10.7. The Hall–Kier alpha value is -0.370. The molecule has 0 aliphatic heterocycles. The minimum Gasteiger partial charge on any atom is -0.389 e. The van der Waals surface area contributed by atoms with Crippen molar-refractivity contribution >= 4 is 5.78 Å². The van der Waals surface area contributed by atoms with E-state index in [0.29, 0.717) is 6.42 Å². The Kier molecular flexibility index (Phi) is 3.48. The van der Waals surface area contributed by atoms with E-state index in [-0.39, 0.29) is 11.7 Å². The monoisotopic (exact) mass is 184 g/mol. The minimum atomic E-state index is -0.689. The highest BCUT2D eigenvalue weighted by atomic mass is 16.3. The number of hydrogen-bond acceptors (Lipinski definition) is 2. The molecule has 1 N–H and O–H groups in total. The molecular weight excluding hydrogens is 164 g/mol. The summed E-state index contributed by atoms with van der Waals surface area (Å²) >= 11 is 0. The van der Waals surface area contributed by atoms with Crippen LogP contribution in [0.25, 0.3) is 0 Å². The van der Waals surface area contributed by atoms with Crippen LogP contribution in [0.4, 0.5) is 0 Å². The summed E-state index contributed by atoms with van der Waals surface area (Å²) in [6.07, 6.45) is 5.49. The SMILES string of the molecule is CCC(=O)C(C)C1(O)CCCCC1. The van der Waals surface area contributed by atoms with Crippen LogP contribution in [0, 0.1) is 5.92 Å². The number of Topliss-reactive ketones (excluding diaryl/α,β-unsaturated/α-hetero) is 1. The molecule has 0 aromatic rings. The molecule has 76 valence electrons. The van der Waals surface area contributed by atoms with Gasteiger partial charge in [0.05, 0.1) is 5.60 Å². The van der Waals surface area contributed by atoms with Gasteiger partial charge in [-0.2, -0.15) is 0 Å². The van der Waals surface area contributed by atoms with Gasteiger partial charge in [0.2, 0.25) is 0 Å². The normalized spacial score (nSPS) is 23.9. The van der Waals surface area contributed by atoms with Crippen LogP contribution in [0.1, 0.15) is 52.4 Å². The van der Waals surface area contributed by atoms with E-state index in [1.165, 1.54) is 6.42 Å². The maximum absolute atomic E-state index is 11.5. The van der Waals surface area contributed by atoms with Crippen molar-refractivity contribution in [2.45, 2.75) is 58.0 Å². The Labute approximate surface area is 80.3 Å².